The van der Waals surface area contributed by atoms with E-state index >= 15 is 0 Å². The Bertz CT molecular complexity index is 1080. The normalized spacial score (nSPS) is 12.5. The van der Waals surface area contributed by atoms with Crippen LogP contribution >= 0.6 is 0 Å². The van der Waals surface area contributed by atoms with Crippen LogP contribution in [0.2, 0.25) is 0 Å². The van der Waals surface area contributed by atoms with Crippen LogP contribution in [0.25, 0.3) is 16.8 Å². The largest absolute Gasteiger partial charge is 0.508 e. The van der Waals surface area contributed by atoms with E-state index in [9.17, 15) is 15.0 Å². The van der Waals surface area contributed by atoms with Gasteiger partial charge in [-0.2, -0.15) is 0 Å². The molecule has 3 rings (SSSR count). The number of aliphatic hydroxyl groups is 1. The van der Waals surface area contributed by atoms with E-state index < -0.39 is 5.97 Å². The van der Waals surface area contributed by atoms with Gasteiger partial charge in [0.2, 0.25) is 0 Å². The number of phenols is 1. The number of aliphatic imine (C=N–C) groups is 1. The summed E-state index contributed by atoms with van der Waals surface area (Å²) in [6, 6.07) is 20.0. The molecule has 0 saturated heterocycles. The highest BCUT2D eigenvalue weighted by molar-refractivity contribution is 6.10. The van der Waals surface area contributed by atoms with E-state index in [-0.39, 0.29) is 17.1 Å². The third kappa shape index (κ3) is 4.65. The SMILES string of the molecule is COC(=O)C(C=Nc1ccc(O)cc1)=C(O)C=Cc1ccc2ccccc2c1. The van der Waals surface area contributed by atoms with Crippen LogP contribution in [0.3, 0.4) is 0 Å². The predicted molar refractivity (Wildman–Crippen MR) is 111 cm³/mol. The Kier molecular flexibility index (Phi) is 5.87. The molecular weight excluding hydrogens is 354 g/mol. The van der Waals surface area contributed by atoms with Gasteiger partial charge in [0.1, 0.15) is 17.1 Å². The van der Waals surface area contributed by atoms with Crippen LogP contribution in [0, 0.1) is 0 Å². The summed E-state index contributed by atoms with van der Waals surface area (Å²) in [7, 11) is 1.23. The number of carbonyl (C=O) groups excluding carboxylic acids is 1. The first-order valence-electron chi connectivity index (χ1n) is 8.58. The predicted octanol–water partition coefficient (Wildman–Crippen LogP) is 4.95. The molecule has 0 aliphatic carbocycles. The summed E-state index contributed by atoms with van der Waals surface area (Å²) in [4.78, 5) is 16.2. The Hall–Kier alpha value is -3.86. The van der Waals surface area contributed by atoms with Gasteiger partial charge in [-0.1, -0.05) is 42.5 Å². The number of ether oxygens (including phenoxy) is 1. The lowest BCUT2D eigenvalue weighted by Crippen LogP contribution is -2.08. The highest BCUT2D eigenvalue weighted by Crippen LogP contribution is 2.19. The Morgan fingerprint density at radius 3 is 2.43 bits per heavy atom. The van der Waals surface area contributed by atoms with Crippen LogP contribution in [0.1, 0.15) is 5.56 Å². The number of allylic oxidation sites excluding steroid dienone is 1. The molecule has 0 atom stereocenters. The fourth-order valence-electron chi connectivity index (χ4n) is 2.59. The smallest absolute Gasteiger partial charge is 0.343 e. The lowest BCUT2D eigenvalue weighted by Gasteiger charge is -2.03. The minimum atomic E-state index is -0.705. The number of rotatable bonds is 5. The second-order valence-electron chi connectivity index (χ2n) is 6.01. The molecule has 2 N–H and O–H groups in total. The molecule has 0 aromatic heterocycles. The summed E-state index contributed by atoms with van der Waals surface area (Å²) in [5.74, 6) is -0.852. The molecular formula is C23H19NO4. The average Bonchev–Trinajstić information content (AvgIpc) is 2.73. The maximum absolute atomic E-state index is 12.0. The van der Waals surface area contributed by atoms with Crippen molar-refractivity contribution < 1.29 is 19.7 Å². The molecule has 5 heteroatoms. The topological polar surface area (TPSA) is 79.1 Å². The maximum atomic E-state index is 12.0. The molecule has 3 aromatic carbocycles. The number of aromatic hydroxyl groups is 1. The molecule has 0 heterocycles. The summed E-state index contributed by atoms with van der Waals surface area (Å²) in [5.41, 5.74) is 1.32. The molecule has 0 spiro atoms. The average molecular weight is 373 g/mol. The first-order chi connectivity index (χ1) is 13.6. The molecule has 140 valence electrons. The van der Waals surface area contributed by atoms with Crippen molar-refractivity contribution in [3.8, 4) is 5.75 Å². The molecule has 0 unspecified atom stereocenters. The van der Waals surface area contributed by atoms with Gasteiger partial charge in [0, 0.05) is 6.21 Å². The van der Waals surface area contributed by atoms with Crippen molar-refractivity contribution in [3.63, 3.8) is 0 Å². The minimum absolute atomic E-state index is 0.0763. The van der Waals surface area contributed by atoms with Crippen molar-refractivity contribution in [2.45, 2.75) is 0 Å². The number of esters is 1. The zero-order chi connectivity index (χ0) is 19.9. The van der Waals surface area contributed by atoms with E-state index in [0.717, 1.165) is 16.3 Å². The van der Waals surface area contributed by atoms with Gasteiger partial charge < -0.3 is 14.9 Å². The maximum Gasteiger partial charge on any atom is 0.343 e. The Balaban J connectivity index is 1.88. The van der Waals surface area contributed by atoms with Crippen molar-refractivity contribution in [1.82, 2.24) is 0 Å². The monoisotopic (exact) mass is 373 g/mol. The molecule has 5 nitrogen and oxygen atoms in total. The third-order valence-electron chi connectivity index (χ3n) is 4.08. The number of phenolic OH excluding ortho intramolecular Hbond substituents is 1. The van der Waals surface area contributed by atoms with Gasteiger partial charge in [0.25, 0.3) is 0 Å². The summed E-state index contributed by atoms with van der Waals surface area (Å²) in [5, 5.41) is 21.9. The first-order valence-corrected chi connectivity index (χ1v) is 8.58. The van der Waals surface area contributed by atoms with E-state index in [1.165, 1.54) is 31.5 Å². The quantitative estimate of drug-likeness (QED) is 0.218. The number of nitrogens with zero attached hydrogens (tertiary/aromatic N) is 1. The summed E-state index contributed by atoms with van der Waals surface area (Å²) < 4.78 is 4.73. The zero-order valence-corrected chi connectivity index (χ0v) is 15.2. The molecule has 0 saturated carbocycles. The van der Waals surface area contributed by atoms with Crippen LogP contribution in [-0.2, 0) is 9.53 Å². The van der Waals surface area contributed by atoms with E-state index in [1.54, 1.807) is 18.2 Å². The van der Waals surface area contributed by atoms with Crippen molar-refractivity contribution in [3.05, 3.63) is 89.7 Å². The molecule has 0 aliphatic heterocycles. The highest BCUT2D eigenvalue weighted by atomic mass is 16.5. The van der Waals surface area contributed by atoms with Crippen molar-refractivity contribution >= 4 is 34.7 Å². The van der Waals surface area contributed by atoms with Crippen molar-refractivity contribution in [2.24, 2.45) is 4.99 Å². The summed E-state index contributed by atoms with van der Waals surface area (Å²) >= 11 is 0. The molecule has 0 bridgehead atoms. The van der Waals surface area contributed by atoms with Crippen molar-refractivity contribution in [1.29, 1.82) is 0 Å². The lowest BCUT2D eigenvalue weighted by molar-refractivity contribution is -0.135. The number of hydrogen-bond donors (Lipinski definition) is 2. The lowest BCUT2D eigenvalue weighted by atomic mass is 10.1. The molecule has 0 amide bonds. The van der Waals surface area contributed by atoms with Gasteiger partial charge >= 0.3 is 5.97 Å². The van der Waals surface area contributed by atoms with Crippen LogP contribution in [-0.4, -0.2) is 29.5 Å². The highest BCUT2D eigenvalue weighted by Gasteiger charge is 2.12. The summed E-state index contributed by atoms with van der Waals surface area (Å²) in [6.45, 7) is 0. The summed E-state index contributed by atoms with van der Waals surface area (Å²) in [6.07, 6.45) is 4.37. The number of methoxy groups -OCH3 is 1. The third-order valence-corrected chi connectivity index (χ3v) is 4.08. The molecule has 28 heavy (non-hydrogen) atoms. The van der Waals surface area contributed by atoms with E-state index in [2.05, 4.69) is 4.99 Å². The van der Waals surface area contributed by atoms with Crippen LogP contribution in [0.15, 0.2) is 89.1 Å². The molecule has 0 aliphatic rings. The van der Waals surface area contributed by atoms with Crippen LogP contribution in [0.4, 0.5) is 5.69 Å². The fraction of sp³-hybridized carbons (Fsp3) is 0.0435. The number of benzene rings is 3. The van der Waals surface area contributed by atoms with Crippen molar-refractivity contribution in [2.75, 3.05) is 7.11 Å². The Morgan fingerprint density at radius 2 is 1.71 bits per heavy atom. The van der Waals surface area contributed by atoms with Gasteiger partial charge in [0.15, 0.2) is 0 Å². The number of hydrogen-bond acceptors (Lipinski definition) is 5. The molecule has 0 fully saturated rings. The second kappa shape index (κ2) is 8.68. The zero-order valence-electron chi connectivity index (χ0n) is 15.2. The molecule has 3 aromatic rings. The van der Waals surface area contributed by atoms with E-state index in [1.807, 2.05) is 42.5 Å². The van der Waals surface area contributed by atoms with Gasteiger partial charge in [-0.25, -0.2) is 4.79 Å². The van der Waals surface area contributed by atoms with Crippen LogP contribution < -0.4 is 0 Å². The van der Waals surface area contributed by atoms with Crippen LogP contribution in [0.5, 0.6) is 5.75 Å². The van der Waals surface area contributed by atoms with Gasteiger partial charge in [-0.05, 0) is 52.7 Å². The number of fused-ring (bicyclic) bond motifs is 1. The van der Waals surface area contributed by atoms with Gasteiger partial charge in [-0.3, -0.25) is 4.99 Å². The van der Waals surface area contributed by atoms with E-state index in [4.69, 9.17) is 4.74 Å². The Morgan fingerprint density at radius 1 is 1.00 bits per heavy atom. The van der Waals surface area contributed by atoms with Gasteiger partial charge in [0.05, 0.1) is 12.8 Å². The number of carbonyl (C=O) groups is 1. The number of aliphatic hydroxyl groups excluding tert-OH is 1. The standard InChI is InChI=1S/C23H19NO4/c1-28-23(27)21(15-24-19-9-11-20(25)12-10-19)22(26)13-7-16-6-8-17-4-2-3-5-18(17)14-16/h2-15,25-26H,1H3. The second-order valence-corrected chi connectivity index (χ2v) is 6.01. The minimum Gasteiger partial charge on any atom is -0.508 e. The Labute approximate surface area is 162 Å². The fourth-order valence-corrected chi connectivity index (χ4v) is 2.59. The van der Waals surface area contributed by atoms with E-state index in [0.29, 0.717) is 5.69 Å². The first kappa shape index (κ1) is 18.9. The van der Waals surface area contributed by atoms with Gasteiger partial charge in [-0.15, -0.1) is 0 Å². The molecule has 0 radical (unpaired) electrons.